The molecule has 1 aliphatic rings. The number of carbonyl (C=O) groups is 11. The van der Waals surface area contributed by atoms with E-state index in [0.717, 1.165) is 0 Å². The minimum atomic E-state index is -1.80. The number of thiol groups is 1. The molecule has 0 radical (unpaired) electrons. The lowest BCUT2D eigenvalue weighted by Crippen LogP contribution is -2.62. The van der Waals surface area contributed by atoms with Crippen LogP contribution in [0.4, 0.5) is 0 Å². The van der Waals surface area contributed by atoms with Crippen molar-refractivity contribution in [1.29, 1.82) is 0 Å². The Kier molecular flexibility index (Phi) is 22.3. The highest BCUT2D eigenvalue weighted by Gasteiger charge is 2.38. The van der Waals surface area contributed by atoms with E-state index in [2.05, 4.69) is 59.8 Å². The molecule has 1 saturated heterocycles. The monoisotopic (exact) mass is 1120 g/mol. The highest BCUT2D eigenvalue weighted by molar-refractivity contribution is 7.80. The normalized spacial score (nSPS) is 16.7. The summed E-state index contributed by atoms with van der Waals surface area (Å²) in [5, 5.41) is 50.5. The maximum atomic E-state index is 14.6. The first-order valence-electron chi connectivity index (χ1n) is 25.7. The molecule has 1 aliphatic heterocycles. The molecule has 0 aliphatic carbocycles. The third kappa shape index (κ3) is 17.2. The minimum Gasteiger partial charge on any atom is -0.481 e. The molecular formula is C52H70N12O14S. The molecule has 0 unspecified atom stereocenters. The van der Waals surface area contributed by atoms with Gasteiger partial charge in [0.2, 0.25) is 53.2 Å². The van der Waals surface area contributed by atoms with Crippen molar-refractivity contribution in [2.45, 2.75) is 134 Å². The molecule has 79 heavy (non-hydrogen) atoms. The number of carboxylic acids is 2. The van der Waals surface area contributed by atoms with Gasteiger partial charge in [-0.05, 0) is 69.2 Å². The van der Waals surface area contributed by atoms with Crippen molar-refractivity contribution in [2.24, 2.45) is 11.7 Å². The quantitative estimate of drug-likeness (QED) is 0.0280. The Labute approximate surface area is 459 Å². The van der Waals surface area contributed by atoms with Crippen LogP contribution in [-0.2, 0) is 65.6 Å². The van der Waals surface area contributed by atoms with Gasteiger partial charge in [0.15, 0.2) is 0 Å². The molecule has 27 heteroatoms. The SMILES string of the molecule is CC(C)C[C@H](NC(=O)[C@H](Cc1c[nH]c2ccccc12)NC(=O)[C@H](CS)NC(=O)[C@@H](NC(=O)[C@H](C)NC(=O)[C@@H]1CCCN1C(=O)[C@H](C)N)[C@@H](C)O)C(=O)N[C@@H](Cc1c[nH]c2ccccc12)C(=O)NCC(=O)N[C@@H](CC(=O)O)C(=O)O. The second-order valence-corrected chi connectivity index (χ2v) is 20.3. The topological polar surface area (TPSA) is 406 Å². The van der Waals surface area contributed by atoms with Crippen molar-refractivity contribution in [3.8, 4) is 0 Å². The highest BCUT2D eigenvalue weighted by atomic mass is 32.1. The number of aliphatic hydroxyl groups excluding tert-OH is 1. The lowest BCUT2D eigenvalue weighted by atomic mass is 9.99. The summed E-state index contributed by atoms with van der Waals surface area (Å²) in [4.78, 5) is 153. The first-order chi connectivity index (χ1) is 37.4. The van der Waals surface area contributed by atoms with E-state index in [1.54, 1.807) is 74.8 Å². The number of aliphatic hydroxyl groups is 1. The number of H-pyrrole nitrogens is 2. The fourth-order valence-corrected chi connectivity index (χ4v) is 9.23. The molecule has 2 aromatic heterocycles. The van der Waals surface area contributed by atoms with E-state index in [9.17, 15) is 63.0 Å². The summed E-state index contributed by atoms with van der Waals surface area (Å²) in [7, 11) is 0. The van der Waals surface area contributed by atoms with E-state index in [1.165, 1.54) is 25.7 Å². The predicted molar refractivity (Wildman–Crippen MR) is 289 cm³/mol. The minimum absolute atomic E-state index is 0.00560. The fourth-order valence-electron chi connectivity index (χ4n) is 8.97. The van der Waals surface area contributed by atoms with E-state index >= 15 is 0 Å². The summed E-state index contributed by atoms with van der Waals surface area (Å²) in [6, 6.07) is 2.09. The Morgan fingerprint density at radius 2 is 1.18 bits per heavy atom. The molecular weight excluding hydrogens is 1050 g/mol. The summed E-state index contributed by atoms with van der Waals surface area (Å²) < 4.78 is 0. The third-order valence-corrected chi connectivity index (χ3v) is 13.5. The second-order valence-electron chi connectivity index (χ2n) is 19.9. The molecule has 2 aromatic carbocycles. The van der Waals surface area contributed by atoms with Crippen LogP contribution >= 0.6 is 12.6 Å². The van der Waals surface area contributed by atoms with E-state index in [4.69, 9.17) is 10.8 Å². The van der Waals surface area contributed by atoms with Gasteiger partial charge in [0.25, 0.3) is 0 Å². The number of hydrogen-bond donors (Lipinski definition) is 15. The summed E-state index contributed by atoms with van der Waals surface area (Å²) in [6.45, 7) is 7.10. The number of nitrogens with two attached hydrogens (primary N) is 1. The first-order valence-corrected chi connectivity index (χ1v) is 26.3. The lowest BCUT2D eigenvalue weighted by Gasteiger charge is -2.28. The van der Waals surface area contributed by atoms with Crippen LogP contribution in [0.2, 0.25) is 0 Å². The summed E-state index contributed by atoms with van der Waals surface area (Å²) in [6.07, 6.45) is 1.36. The van der Waals surface area contributed by atoms with Crippen LogP contribution in [0.15, 0.2) is 60.9 Å². The zero-order valence-corrected chi connectivity index (χ0v) is 45.2. The third-order valence-electron chi connectivity index (χ3n) is 13.1. The largest absolute Gasteiger partial charge is 0.481 e. The van der Waals surface area contributed by atoms with E-state index in [1.807, 2.05) is 5.32 Å². The zero-order chi connectivity index (χ0) is 58.2. The number of likely N-dealkylation sites (tertiary alicyclic amines) is 1. The number of aliphatic carboxylic acids is 2. The van der Waals surface area contributed by atoms with Gasteiger partial charge < -0.3 is 78.5 Å². The van der Waals surface area contributed by atoms with Crippen LogP contribution in [0, 0.1) is 5.92 Å². The molecule has 1 fully saturated rings. The summed E-state index contributed by atoms with van der Waals surface area (Å²) in [5.74, 6) is -11.2. The van der Waals surface area contributed by atoms with E-state index in [-0.39, 0.29) is 30.9 Å². The van der Waals surface area contributed by atoms with Gasteiger partial charge in [-0.1, -0.05) is 50.2 Å². The van der Waals surface area contributed by atoms with Crippen LogP contribution < -0.4 is 48.3 Å². The van der Waals surface area contributed by atoms with Crippen LogP contribution in [0.1, 0.15) is 71.4 Å². The number of benzene rings is 2. The number of amides is 9. The van der Waals surface area contributed by atoms with Gasteiger partial charge in [0.1, 0.15) is 48.3 Å². The Balaban J connectivity index is 1.34. The van der Waals surface area contributed by atoms with Crippen molar-refractivity contribution >= 4 is 99.5 Å². The Morgan fingerprint density at radius 1 is 0.658 bits per heavy atom. The molecule has 3 heterocycles. The fraction of sp³-hybridized carbons (Fsp3) is 0.481. The van der Waals surface area contributed by atoms with Crippen molar-refractivity contribution in [1.82, 2.24) is 57.4 Å². The van der Waals surface area contributed by atoms with Gasteiger partial charge in [-0.3, -0.25) is 47.9 Å². The maximum absolute atomic E-state index is 14.6. The van der Waals surface area contributed by atoms with Crippen LogP contribution in [-0.4, -0.2) is 175 Å². The van der Waals surface area contributed by atoms with E-state index in [0.29, 0.717) is 52.3 Å². The number of rotatable bonds is 28. The van der Waals surface area contributed by atoms with Gasteiger partial charge in [0.05, 0.1) is 25.1 Å². The van der Waals surface area contributed by atoms with Crippen LogP contribution in [0.5, 0.6) is 0 Å². The molecule has 9 amide bonds. The maximum Gasteiger partial charge on any atom is 0.326 e. The van der Waals surface area contributed by atoms with Gasteiger partial charge >= 0.3 is 11.9 Å². The number of carbonyl (C=O) groups excluding carboxylic acids is 9. The number of para-hydroxylation sites is 2. The molecule has 0 saturated carbocycles. The van der Waals surface area contributed by atoms with Gasteiger partial charge in [-0.25, -0.2) is 4.79 Å². The molecule has 4 aromatic rings. The number of nitrogens with one attached hydrogen (secondary N) is 10. The molecule has 15 N–H and O–H groups in total. The van der Waals surface area contributed by atoms with E-state index < -0.39 is 139 Å². The van der Waals surface area contributed by atoms with Crippen molar-refractivity contribution in [2.75, 3.05) is 18.8 Å². The molecule has 26 nitrogen and oxygen atoms in total. The Hall–Kier alpha value is -8.04. The van der Waals surface area contributed by atoms with Crippen molar-refractivity contribution < 1.29 is 68.1 Å². The molecule has 428 valence electrons. The van der Waals surface area contributed by atoms with Crippen molar-refractivity contribution in [3.05, 3.63) is 72.1 Å². The number of hydrogen-bond acceptors (Lipinski definition) is 14. The molecule has 0 bridgehead atoms. The zero-order valence-electron chi connectivity index (χ0n) is 44.3. The Bertz CT molecular complexity index is 2890. The van der Waals surface area contributed by atoms with Gasteiger partial charge in [-0.2, -0.15) is 12.6 Å². The predicted octanol–water partition coefficient (Wildman–Crippen LogP) is -1.78. The highest BCUT2D eigenvalue weighted by Crippen LogP contribution is 2.22. The smallest absolute Gasteiger partial charge is 0.326 e. The summed E-state index contributed by atoms with van der Waals surface area (Å²) >= 11 is 4.29. The number of aromatic amines is 2. The first kappa shape index (κ1) is 61.8. The second kappa shape index (κ2) is 28.5. The van der Waals surface area contributed by atoms with Crippen LogP contribution in [0.25, 0.3) is 21.8 Å². The van der Waals surface area contributed by atoms with Crippen molar-refractivity contribution in [3.63, 3.8) is 0 Å². The lowest BCUT2D eigenvalue weighted by molar-refractivity contribution is -0.147. The van der Waals surface area contributed by atoms with Gasteiger partial charge in [-0.15, -0.1) is 0 Å². The standard InChI is InChI=1S/C52H70N12O14S/c1-25(2)17-35(46(71)60-36(18-29-21-54-33-13-8-6-11-31(29)33)45(70)56-23-41(66)58-38(52(77)78)20-42(67)68)59-47(72)37(19-30-22-55-34-14-9-7-12-32(30)34)61-48(73)39(24-79)62-50(75)43(28(5)65)63-44(69)27(4)57-49(74)40-15-10-16-64(40)51(76)26(3)53/h6-9,11-14,21-22,25-28,35-40,43,54-55,65,79H,10,15-20,23-24,53H2,1-5H3,(H,56,70)(H,57,74)(H,58,66)(H,59,72)(H,60,71)(H,61,73)(H,62,75)(H,63,69)(H,67,68)(H,77,78)/t26-,27-,28+,35-,36-,37-,38-,39-,40-,43-/m0/s1. The van der Waals surface area contributed by atoms with Crippen LogP contribution in [0.3, 0.4) is 0 Å². The number of fused-ring (bicyclic) bond motifs is 2. The number of nitrogens with zero attached hydrogens (tertiary/aromatic N) is 1. The Morgan fingerprint density at radius 3 is 1.70 bits per heavy atom. The molecule has 10 atom stereocenters. The average Bonchev–Trinajstić information content (AvgIpc) is 4.22. The number of aromatic nitrogens is 2. The molecule has 0 spiro atoms. The average molecular weight is 1120 g/mol. The molecule has 5 rings (SSSR count). The van der Waals surface area contributed by atoms with Gasteiger partial charge in [0, 0.05) is 59.3 Å². The number of carboxylic acid groups (broad SMARTS) is 2. The summed E-state index contributed by atoms with van der Waals surface area (Å²) in [5.41, 5.74) is 8.32.